The summed E-state index contributed by atoms with van der Waals surface area (Å²) < 4.78 is 6.15. The highest BCUT2D eigenvalue weighted by molar-refractivity contribution is 5.74. The summed E-state index contributed by atoms with van der Waals surface area (Å²) in [6.45, 7) is 0. The minimum Gasteiger partial charge on any atom is -0.481 e. The first-order valence-electron chi connectivity index (χ1n) is 5.55. The van der Waals surface area contributed by atoms with Crippen molar-refractivity contribution < 1.29 is 14.3 Å². The molecule has 18 heavy (non-hydrogen) atoms. The van der Waals surface area contributed by atoms with Gasteiger partial charge in [-0.3, -0.25) is 4.79 Å². The lowest BCUT2D eigenvalue weighted by Gasteiger charge is -1.95. The first-order chi connectivity index (χ1) is 8.66. The topological polar surface area (TPSA) is 85.3 Å². The molecule has 0 amide bonds. The molecule has 0 saturated heterocycles. The van der Waals surface area contributed by atoms with Crippen LogP contribution in [0.1, 0.15) is 18.2 Å². The number of aliphatic carboxylic acids is 1. The van der Waals surface area contributed by atoms with E-state index in [9.17, 15) is 9.59 Å². The first-order valence-corrected chi connectivity index (χ1v) is 5.55. The highest BCUT2D eigenvalue weighted by Crippen LogP contribution is 2.46. The third-order valence-corrected chi connectivity index (χ3v) is 2.99. The first kappa shape index (κ1) is 10.8. The Balaban J connectivity index is 1.94. The van der Waals surface area contributed by atoms with Crippen LogP contribution in [0.4, 0.5) is 0 Å². The average molecular weight is 246 g/mol. The van der Waals surface area contributed by atoms with Gasteiger partial charge >= 0.3 is 11.7 Å². The van der Waals surface area contributed by atoms with E-state index in [1.807, 2.05) is 6.07 Å². The second kappa shape index (κ2) is 3.83. The number of carboxylic acid groups (broad SMARTS) is 1. The summed E-state index contributed by atoms with van der Waals surface area (Å²) in [6.07, 6.45) is 0.476. The Kier molecular flexibility index (Phi) is 2.29. The molecule has 6 nitrogen and oxygen atoms in total. The van der Waals surface area contributed by atoms with E-state index in [2.05, 4.69) is 5.10 Å². The maximum absolute atomic E-state index is 11.6. The summed E-state index contributed by atoms with van der Waals surface area (Å²) >= 11 is 0. The van der Waals surface area contributed by atoms with Crippen molar-refractivity contribution in [1.82, 2.24) is 9.78 Å². The van der Waals surface area contributed by atoms with Crippen LogP contribution in [0.15, 0.2) is 39.5 Å². The quantitative estimate of drug-likeness (QED) is 0.873. The van der Waals surface area contributed by atoms with Crippen molar-refractivity contribution in [2.45, 2.75) is 12.3 Å². The fourth-order valence-corrected chi connectivity index (χ4v) is 1.92. The zero-order valence-electron chi connectivity index (χ0n) is 9.31. The normalized spacial score (nSPS) is 21.8. The van der Waals surface area contributed by atoms with Gasteiger partial charge in [0.05, 0.1) is 17.5 Å². The predicted molar refractivity (Wildman–Crippen MR) is 60.6 cm³/mol. The molecule has 1 aromatic heterocycles. The van der Waals surface area contributed by atoms with Crippen LogP contribution in [0.2, 0.25) is 0 Å². The van der Waals surface area contributed by atoms with Crippen LogP contribution >= 0.6 is 0 Å². The van der Waals surface area contributed by atoms with Gasteiger partial charge < -0.3 is 9.52 Å². The molecule has 0 spiro atoms. The molecule has 2 unspecified atom stereocenters. The van der Waals surface area contributed by atoms with Crippen molar-refractivity contribution in [2.75, 3.05) is 0 Å². The Hall–Kier alpha value is -2.37. The molecule has 1 N–H and O–H groups in total. The Morgan fingerprint density at radius 1 is 1.39 bits per heavy atom. The molecule has 0 bridgehead atoms. The van der Waals surface area contributed by atoms with Gasteiger partial charge in [0.1, 0.15) is 0 Å². The van der Waals surface area contributed by atoms with Gasteiger partial charge in [0.15, 0.2) is 0 Å². The molecule has 0 radical (unpaired) electrons. The third-order valence-electron chi connectivity index (χ3n) is 2.99. The van der Waals surface area contributed by atoms with E-state index in [1.54, 1.807) is 24.3 Å². The number of rotatable bonds is 3. The van der Waals surface area contributed by atoms with Crippen molar-refractivity contribution in [3.8, 4) is 5.69 Å². The number of hydrogen-bond donors (Lipinski definition) is 1. The van der Waals surface area contributed by atoms with E-state index < -0.39 is 17.6 Å². The number of nitrogens with zero attached hydrogens (tertiary/aromatic N) is 2. The zero-order valence-corrected chi connectivity index (χ0v) is 9.31. The molecular weight excluding hydrogens is 236 g/mol. The van der Waals surface area contributed by atoms with E-state index in [4.69, 9.17) is 9.52 Å². The second-order valence-electron chi connectivity index (χ2n) is 4.24. The highest BCUT2D eigenvalue weighted by atomic mass is 16.4. The van der Waals surface area contributed by atoms with Gasteiger partial charge in [-0.1, -0.05) is 18.2 Å². The Labute approximate surface area is 101 Å². The number of aromatic nitrogens is 2. The molecule has 1 heterocycles. The Morgan fingerprint density at radius 2 is 2.11 bits per heavy atom. The van der Waals surface area contributed by atoms with Crippen LogP contribution in [0.25, 0.3) is 5.69 Å². The van der Waals surface area contributed by atoms with Crippen molar-refractivity contribution in [3.05, 3.63) is 46.8 Å². The summed E-state index contributed by atoms with van der Waals surface area (Å²) in [5, 5.41) is 12.9. The van der Waals surface area contributed by atoms with Crippen LogP contribution < -0.4 is 5.76 Å². The van der Waals surface area contributed by atoms with E-state index in [0.29, 0.717) is 12.1 Å². The molecule has 2 atom stereocenters. The van der Waals surface area contributed by atoms with Crippen LogP contribution in [0.3, 0.4) is 0 Å². The molecule has 92 valence electrons. The summed E-state index contributed by atoms with van der Waals surface area (Å²) in [5.41, 5.74) is 0.602. The van der Waals surface area contributed by atoms with Crippen molar-refractivity contribution in [1.29, 1.82) is 0 Å². The van der Waals surface area contributed by atoms with Gasteiger partial charge in [0.2, 0.25) is 5.89 Å². The van der Waals surface area contributed by atoms with Gasteiger partial charge in [-0.15, -0.1) is 5.10 Å². The number of carbonyl (C=O) groups is 1. The van der Waals surface area contributed by atoms with Crippen LogP contribution in [-0.2, 0) is 4.79 Å². The zero-order chi connectivity index (χ0) is 12.7. The van der Waals surface area contributed by atoms with Crippen LogP contribution in [0, 0.1) is 5.92 Å². The molecule has 6 heteroatoms. The lowest BCUT2D eigenvalue weighted by molar-refractivity contribution is -0.138. The number of carboxylic acids is 1. The fourth-order valence-electron chi connectivity index (χ4n) is 1.92. The van der Waals surface area contributed by atoms with Crippen molar-refractivity contribution >= 4 is 5.97 Å². The summed E-state index contributed by atoms with van der Waals surface area (Å²) in [5.74, 6) is -2.02. The van der Waals surface area contributed by atoms with Gasteiger partial charge in [0.25, 0.3) is 0 Å². The lowest BCUT2D eigenvalue weighted by Crippen LogP contribution is -2.13. The average Bonchev–Trinajstić information content (AvgIpc) is 3.08. The molecule has 1 aliphatic carbocycles. The molecular formula is C12H10N2O4. The highest BCUT2D eigenvalue weighted by Gasteiger charge is 2.48. The summed E-state index contributed by atoms with van der Waals surface area (Å²) in [7, 11) is 0. The third kappa shape index (κ3) is 1.71. The minimum absolute atomic E-state index is 0.205. The van der Waals surface area contributed by atoms with E-state index >= 15 is 0 Å². The largest absolute Gasteiger partial charge is 0.481 e. The van der Waals surface area contributed by atoms with Crippen LogP contribution in [0.5, 0.6) is 0 Å². The van der Waals surface area contributed by atoms with E-state index in [-0.39, 0.29) is 11.8 Å². The summed E-state index contributed by atoms with van der Waals surface area (Å²) in [4.78, 5) is 22.4. The Bertz CT molecular complexity index is 644. The smallest absolute Gasteiger partial charge is 0.441 e. The second-order valence-corrected chi connectivity index (χ2v) is 4.24. The molecule has 0 aliphatic heterocycles. The molecule has 2 aromatic rings. The standard InChI is InChI=1S/C12H10N2O4/c15-11(16)9-6-8(9)10-13-14(12(17)18-10)7-4-2-1-3-5-7/h1-5,8-9H,6H2,(H,15,16). The minimum atomic E-state index is -0.878. The molecule has 1 saturated carbocycles. The predicted octanol–water partition coefficient (Wildman–Crippen LogP) is 1.01. The maximum Gasteiger partial charge on any atom is 0.441 e. The van der Waals surface area contributed by atoms with Gasteiger partial charge in [-0.25, -0.2) is 4.79 Å². The van der Waals surface area contributed by atoms with Crippen molar-refractivity contribution in [3.63, 3.8) is 0 Å². The van der Waals surface area contributed by atoms with Crippen LogP contribution in [-0.4, -0.2) is 20.9 Å². The van der Waals surface area contributed by atoms with Gasteiger partial charge in [0, 0.05) is 0 Å². The molecule has 1 fully saturated rings. The lowest BCUT2D eigenvalue weighted by atomic mass is 10.3. The number of benzene rings is 1. The SMILES string of the molecule is O=C(O)C1CC1c1nn(-c2ccccc2)c(=O)o1. The molecule has 1 aromatic carbocycles. The molecule has 3 rings (SSSR count). The molecule has 1 aliphatic rings. The Morgan fingerprint density at radius 3 is 2.72 bits per heavy atom. The van der Waals surface area contributed by atoms with Gasteiger partial charge in [-0.2, -0.15) is 4.68 Å². The number of hydrogen-bond acceptors (Lipinski definition) is 4. The van der Waals surface area contributed by atoms with E-state index in [1.165, 1.54) is 0 Å². The van der Waals surface area contributed by atoms with E-state index in [0.717, 1.165) is 4.68 Å². The van der Waals surface area contributed by atoms with Gasteiger partial charge in [-0.05, 0) is 18.6 Å². The van der Waals surface area contributed by atoms with Crippen molar-refractivity contribution in [2.24, 2.45) is 5.92 Å². The monoisotopic (exact) mass is 246 g/mol. The number of para-hydroxylation sites is 1. The fraction of sp³-hybridized carbons (Fsp3) is 0.250. The summed E-state index contributed by atoms with van der Waals surface area (Å²) in [6, 6.07) is 8.86. The maximum atomic E-state index is 11.6.